The van der Waals surface area contributed by atoms with E-state index in [-0.39, 0.29) is 5.82 Å². The van der Waals surface area contributed by atoms with Gasteiger partial charge < -0.3 is 10.2 Å². The molecule has 1 fully saturated rings. The van der Waals surface area contributed by atoms with Crippen molar-refractivity contribution in [3.05, 3.63) is 64.4 Å². The molecule has 2 nitrogen and oxygen atoms in total. The van der Waals surface area contributed by atoms with E-state index >= 15 is 0 Å². The van der Waals surface area contributed by atoms with Gasteiger partial charge in [0.05, 0.1) is 0 Å². The van der Waals surface area contributed by atoms with Crippen molar-refractivity contribution in [1.29, 1.82) is 0 Å². The molecular formula is C19H20ClFN2S. The van der Waals surface area contributed by atoms with E-state index < -0.39 is 0 Å². The zero-order valence-corrected chi connectivity index (χ0v) is 15.1. The largest absolute Gasteiger partial charge is 0.342 e. The molecule has 3 rings (SSSR count). The Morgan fingerprint density at radius 2 is 1.96 bits per heavy atom. The highest BCUT2D eigenvalue weighted by molar-refractivity contribution is 7.80. The zero-order chi connectivity index (χ0) is 17.1. The van der Waals surface area contributed by atoms with Crippen LogP contribution in [0.2, 0.25) is 5.02 Å². The van der Waals surface area contributed by atoms with Crippen molar-refractivity contribution in [1.82, 2.24) is 4.90 Å². The second-order valence-corrected chi connectivity index (χ2v) is 6.83. The van der Waals surface area contributed by atoms with Crippen LogP contribution in [0.15, 0.2) is 42.5 Å². The second-order valence-electron chi connectivity index (χ2n) is 6.04. The molecule has 0 amide bonds. The highest BCUT2D eigenvalue weighted by atomic mass is 35.5. The predicted octanol–water partition coefficient (Wildman–Crippen LogP) is 5.40. The molecule has 1 saturated carbocycles. The molecule has 5 heteroatoms. The molecule has 0 aliphatic heterocycles. The number of halogens is 2. The minimum atomic E-state index is -0.289. The van der Waals surface area contributed by atoms with Crippen LogP contribution in [0, 0.1) is 5.82 Å². The van der Waals surface area contributed by atoms with Crippen molar-refractivity contribution >= 4 is 34.6 Å². The van der Waals surface area contributed by atoms with Gasteiger partial charge in [-0.3, -0.25) is 0 Å². The van der Waals surface area contributed by atoms with Gasteiger partial charge in [-0.2, -0.15) is 0 Å². The Bertz CT molecular complexity index is 708. The number of benzene rings is 2. The summed E-state index contributed by atoms with van der Waals surface area (Å²) in [7, 11) is 0. The fourth-order valence-electron chi connectivity index (χ4n) is 2.63. The van der Waals surface area contributed by atoms with Crippen LogP contribution in [-0.2, 0) is 13.0 Å². The molecule has 1 N–H and O–H groups in total. The lowest BCUT2D eigenvalue weighted by Gasteiger charge is -2.26. The Labute approximate surface area is 152 Å². The molecule has 0 saturated heterocycles. The number of hydrogen-bond acceptors (Lipinski definition) is 1. The number of hydrogen-bond donors (Lipinski definition) is 1. The van der Waals surface area contributed by atoms with Gasteiger partial charge in [-0.05, 0) is 61.3 Å². The van der Waals surface area contributed by atoms with E-state index in [1.54, 1.807) is 12.1 Å². The van der Waals surface area contributed by atoms with Gasteiger partial charge in [0, 0.05) is 28.9 Å². The third kappa shape index (κ3) is 4.05. The van der Waals surface area contributed by atoms with E-state index in [1.165, 1.54) is 11.6 Å². The van der Waals surface area contributed by atoms with Crippen LogP contribution in [0.1, 0.15) is 30.9 Å². The summed E-state index contributed by atoms with van der Waals surface area (Å²) >= 11 is 11.7. The second kappa shape index (κ2) is 7.49. The van der Waals surface area contributed by atoms with Gasteiger partial charge in [0.15, 0.2) is 5.11 Å². The maximum Gasteiger partial charge on any atom is 0.173 e. The van der Waals surface area contributed by atoms with E-state index in [0.717, 1.165) is 24.9 Å². The smallest absolute Gasteiger partial charge is 0.173 e. The van der Waals surface area contributed by atoms with E-state index in [0.29, 0.717) is 28.3 Å². The first-order valence-electron chi connectivity index (χ1n) is 8.18. The van der Waals surface area contributed by atoms with Crippen molar-refractivity contribution in [3.63, 3.8) is 0 Å². The van der Waals surface area contributed by atoms with Crippen LogP contribution >= 0.6 is 23.8 Å². The molecule has 0 aromatic heterocycles. The third-order valence-electron chi connectivity index (χ3n) is 4.25. The van der Waals surface area contributed by atoms with E-state index in [9.17, 15) is 4.39 Å². The van der Waals surface area contributed by atoms with Crippen LogP contribution in [-0.4, -0.2) is 16.1 Å². The molecule has 0 atom stereocenters. The number of nitrogens with one attached hydrogen (secondary N) is 1. The lowest BCUT2D eigenvalue weighted by molar-refractivity contribution is 0.400. The maximum atomic E-state index is 14.1. The standard InChI is InChI=1S/C19H20ClFN2S/c1-2-13-6-8-14(9-7-13)22-19(24)23(15-10-11-15)12-16-17(20)4-3-5-18(16)21/h3-9,15H,2,10-12H2,1H3,(H,22,24). The highest BCUT2D eigenvalue weighted by Crippen LogP contribution is 2.31. The molecule has 1 aliphatic rings. The summed E-state index contributed by atoms with van der Waals surface area (Å²) in [5.74, 6) is -0.289. The van der Waals surface area contributed by atoms with Crippen molar-refractivity contribution in [2.75, 3.05) is 5.32 Å². The summed E-state index contributed by atoms with van der Waals surface area (Å²) in [5.41, 5.74) is 2.72. The van der Waals surface area contributed by atoms with Crippen LogP contribution in [0.3, 0.4) is 0 Å². The Hall–Kier alpha value is -1.65. The molecule has 0 unspecified atom stereocenters. The van der Waals surface area contributed by atoms with Gasteiger partial charge in [-0.1, -0.05) is 36.7 Å². The number of rotatable bonds is 5. The van der Waals surface area contributed by atoms with Crippen molar-refractivity contribution in [3.8, 4) is 0 Å². The minimum absolute atomic E-state index is 0.289. The van der Waals surface area contributed by atoms with E-state index in [1.807, 2.05) is 17.0 Å². The first kappa shape index (κ1) is 17.2. The van der Waals surface area contributed by atoms with Crippen molar-refractivity contribution < 1.29 is 4.39 Å². The van der Waals surface area contributed by atoms with Crippen LogP contribution < -0.4 is 5.32 Å². The van der Waals surface area contributed by atoms with Gasteiger partial charge in [-0.25, -0.2) is 4.39 Å². The summed E-state index contributed by atoms with van der Waals surface area (Å²) in [6.45, 7) is 2.51. The quantitative estimate of drug-likeness (QED) is 0.716. The zero-order valence-electron chi connectivity index (χ0n) is 13.6. The molecule has 2 aromatic carbocycles. The van der Waals surface area contributed by atoms with Gasteiger partial charge in [0.25, 0.3) is 0 Å². The molecular weight excluding hydrogens is 343 g/mol. The van der Waals surface area contributed by atoms with E-state index in [2.05, 4.69) is 24.4 Å². The highest BCUT2D eigenvalue weighted by Gasteiger charge is 2.31. The molecule has 0 spiro atoms. The minimum Gasteiger partial charge on any atom is -0.342 e. The number of anilines is 1. The summed E-state index contributed by atoms with van der Waals surface area (Å²) in [5, 5.41) is 4.32. The van der Waals surface area contributed by atoms with Crippen LogP contribution in [0.4, 0.5) is 10.1 Å². The SMILES string of the molecule is CCc1ccc(NC(=S)N(Cc2c(F)cccc2Cl)C2CC2)cc1. The van der Waals surface area contributed by atoms with Crippen molar-refractivity contribution in [2.45, 2.75) is 38.8 Å². The summed E-state index contributed by atoms with van der Waals surface area (Å²) in [6, 6.07) is 13.3. The first-order valence-corrected chi connectivity index (χ1v) is 8.96. The lowest BCUT2D eigenvalue weighted by atomic mass is 10.1. The van der Waals surface area contributed by atoms with Gasteiger partial charge in [0.1, 0.15) is 5.82 Å². The van der Waals surface area contributed by atoms with Crippen LogP contribution in [0.5, 0.6) is 0 Å². The predicted molar refractivity (Wildman–Crippen MR) is 102 cm³/mol. The van der Waals surface area contributed by atoms with Crippen LogP contribution in [0.25, 0.3) is 0 Å². The number of thiocarbonyl (C=S) groups is 1. The fraction of sp³-hybridized carbons (Fsp3) is 0.316. The molecule has 24 heavy (non-hydrogen) atoms. The molecule has 0 heterocycles. The monoisotopic (exact) mass is 362 g/mol. The Morgan fingerprint density at radius 1 is 1.25 bits per heavy atom. The number of aryl methyl sites for hydroxylation is 1. The normalized spacial score (nSPS) is 13.6. The third-order valence-corrected chi connectivity index (χ3v) is 4.94. The molecule has 1 aliphatic carbocycles. The molecule has 0 bridgehead atoms. The lowest BCUT2D eigenvalue weighted by Crippen LogP contribution is -2.36. The fourth-order valence-corrected chi connectivity index (χ4v) is 3.18. The molecule has 0 radical (unpaired) electrons. The maximum absolute atomic E-state index is 14.1. The average molecular weight is 363 g/mol. The summed E-state index contributed by atoms with van der Waals surface area (Å²) < 4.78 is 14.1. The summed E-state index contributed by atoms with van der Waals surface area (Å²) in [4.78, 5) is 2.04. The molecule has 126 valence electrons. The van der Waals surface area contributed by atoms with Gasteiger partial charge in [0.2, 0.25) is 0 Å². The topological polar surface area (TPSA) is 15.3 Å². The Balaban J connectivity index is 1.74. The van der Waals surface area contributed by atoms with Gasteiger partial charge in [-0.15, -0.1) is 0 Å². The Morgan fingerprint density at radius 3 is 2.54 bits per heavy atom. The first-order chi connectivity index (χ1) is 11.6. The van der Waals surface area contributed by atoms with E-state index in [4.69, 9.17) is 23.8 Å². The van der Waals surface area contributed by atoms with Crippen molar-refractivity contribution in [2.24, 2.45) is 0 Å². The molecule has 2 aromatic rings. The van der Waals surface area contributed by atoms with Gasteiger partial charge >= 0.3 is 0 Å². The number of nitrogens with zero attached hydrogens (tertiary/aromatic N) is 1. The Kier molecular flexibility index (Phi) is 5.36. The average Bonchev–Trinajstić information content (AvgIpc) is 3.40. The summed E-state index contributed by atoms with van der Waals surface area (Å²) in [6.07, 6.45) is 3.15.